The molecule has 0 saturated carbocycles. The maximum absolute atomic E-state index is 6.45. The fraction of sp³-hybridized carbons (Fsp3) is 0.217. The van der Waals surface area contributed by atoms with E-state index in [-0.39, 0.29) is 5.41 Å². The summed E-state index contributed by atoms with van der Waals surface area (Å²) >= 11 is 18.8. The third-order valence-electron chi connectivity index (χ3n) is 4.88. The molecule has 2 heterocycles. The molecule has 0 radical (unpaired) electrons. The van der Waals surface area contributed by atoms with Crippen LogP contribution in [0.3, 0.4) is 0 Å². The summed E-state index contributed by atoms with van der Waals surface area (Å²) in [4.78, 5) is 4.93. The molecule has 0 bridgehead atoms. The van der Waals surface area contributed by atoms with Crippen molar-refractivity contribution in [3.8, 4) is 11.1 Å². The molecule has 0 aliphatic carbocycles. The van der Waals surface area contributed by atoms with Gasteiger partial charge in [0.1, 0.15) is 5.82 Å². The lowest BCUT2D eigenvalue weighted by Crippen LogP contribution is -2.16. The van der Waals surface area contributed by atoms with Crippen molar-refractivity contribution >= 4 is 46.3 Å². The molecule has 30 heavy (non-hydrogen) atoms. The molecule has 0 unspecified atom stereocenters. The number of hydrogen-bond donors (Lipinski definition) is 1. The van der Waals surface area contributed by atoms with Crippen molar-refractivity contribution < 1.29 is 0 Å². The quantitative estimate of drug-likeness (QED) is 0.349. The number of anilines is 1. The maximum Gasteiger partial charge on any atom is 0.165 e. The van der Waals surface area contributed by atoms with Gasteiger partial charge in [0.15, 0.2) is 5.65 Å². The molecule has 4 nitrogen and oxygen atoms in total. The average Bonchev–Trinajstić information content (AvgIpc) is 3.11. The summed E-state index contributed by atoms with van der Waals surface area (Å²) in [5.74, 6) is 0.828. The van der Waals surface area contributed by atoms with E-state index in [9.17, 15) is 0 Å². The van der Waals surface area contributed by atoms with Gasteiger partial charge in [-0.15, -0.1) is 0 Å². The lowest BCUT2D eigenvalue weighted by atomic mass is 9.92. The van der Waals surface area contributed by atoms with E-state index < -0.39 is 0 Å². The number of hydrogen-bond acceptors (Lipinski definition) is 3. The van der Waals surface area contributed by atoms with Crippen LogP contribution in [0.2, 0.25) is 15.1 Å². The molecule has 0 saturated heterocycles. The molecule has 0 spiro atoms. The summed E-state index contributed by atoms with van der Waals surface area (Å²) in [7, 11) is 0. The van der Waals surface area contributed by atoms with Crippen LogP contribution in [0.4, 0.5) is 5.82 Å². The fourth-order valence-corrected chi connectivity index (χ4v) is 3.91. The zero-order valence-electron chi connectivity index (χ0n) is 16.9. The van der Waals surface area contributed by atoms with E-state index in [2.05, 4.69) is 31.2 Å². The Kier molecular flexibility index (Phi) is 5.67. The molecule has 2 aromatic heterocycles. The fourth-order valence-electron chi connectivity index (χ4n) is 3.19. The van der Waals surface area contributed by atoms with Gasteiger partial charge in [-0.25, -0.2) is 4.98 Å². The summed E-state index contributed by atoms with van der Waals surface area (Å²) < 4.78 is 1.80. The van der Waals surface area contributed by atoms with Crippen LogP contribution in [-0.4, -0.2) is 14.6 Å². The molecule has 0 fully saturated rings. The Labute approximate surface area is 190 Å². The van der Waals surface area contributed by atoms with Gasteiger partial charge in [-0.3, -0.25) is 0 Å². The summed E-state index contributed by atoms with van der Waals surface area (Å²) in [6, 6.07) is 15.2. The Bertz CT molecular complexity index is 1230. The number of benzene rings is 2. The van der Waals surface area contributed by atoms with Gasteiger partial charge in [0.2, 0.25) is 0 Å². The van der Waals surface area contributed by atoms with Crippen LogP contribution in [-0.2, 0) is 12.0 Å². The Hall–Kier alpha value is -2.27. The summed E-state index contributed by atoms with van der Waals surface area (Å²) in [6.45, 7) is 6.94. The summed E-state index contributed by atoms with van der Waals surface area (Å²) in [5.41, 5.74) is 4.30. The minimum Gasteiger partial charge on any atom is -0.366 e. The lowest BCUT2D eigenvalue weighted by molar-refractivity contribution is 0.568. The van der Waals surface area contributed by atoms with Gasteiger partial charge in [0.05, 0.1) is 11.9 Å². The van der Waals surface area contributed by atoms with Gasteiger partial charge < -0.3 is 5.32 Å². The molecular formula is C23H21Cl3N4. The third kappa shape index (κ3) is 4.13. The van der Waals surface area contributed by atoms with Crippen LogP contribution in [0.25, 0.3) is 16.8 Å². The van der Waals surface area contributed by atoms with Crippen LogP contribution in [0.1, 0.15) is 32.0 Å². The highest BCUT2D eigenvalue weighted by atomic mass is 35.5. The first-order chi connectivity index (χ1) is 14.2. The molecule has 7 heteroatoms. The van der Waals surface area contributed by atoms with Crippen molar-refractivity contribution in [1.82, 2.24) is 14.6 Å². The Balaban J connectivity index is 1.81. The Morgan fingerprint density at radius 2 is 1.70 bits per heavy atom. The van der Waals surface area contributed by atoms with Crippen molar-refractivity contribution in [2.75, 3.05) is 5.32 Å². The molecule has 2 aromatic carbocycles. The number of rotatable bonds is 4. The predicted molar refractivity (Wildman–Crippen MR) is 126 cm³/mol. The minimum absolute atomic E-state index is 0.141. The molecule has 4 aromatic rings. The zero-order chi connectivity index (χ0) is 21.5. The van der Waals surface area contributed by atoms with Gasteiger partial charge in [0.25, 0.3) is 0 Å². The van der Waals surface area contributed by atoms with Crippen LogP contribution in [0.5, 0.6) is 0 Å². The second-order valence-corrected chi connectivity index (χ2v) is 9.39. The predicted octanol–water partition coefficient (Wildman–Crippen LogP) is 7.27. The van der Waals surface area contributed by atoms with E-state index in [0.29, 0.717) is 21.6 Å². The van der Waals surface area contributed by atoms with Crippen LogP contribution >= 0.6 is 34.8 Å². The second-order valence-electron chi connectivity index (χ2n) is 8.14. The molecule has 1 N–H and O–H groups in total. The molecule has 4 rings (SSSR count). The number of nitrogens with zero attached hydrogens (tertiary/aromatic N) is 3. The van der Waals surface area contributed by atoms with Crippen molar-refractivity contribution in [2.45, 2.75) is 32.7 Å². The van der Waals surface area contributed by atoms with Crippen molar-refractivity contribution in [1.29, 1.82) is 0 Å². The molecule has 0 atom stereocenters. The van der Waals surface area contributed by atoms with Gasteiger partial charge in [-0.1, -0.05) is 79.8 Å². The number of nitrogens with one attached hydrogen (secondary N) is 1. The first kappa shape index (κ1) is 21.0. The molecule has 0 amide bonds. The highest BCUT2D eigenvalue weighted by molar-refractivity contribution is 6.35. The topological polar surface area (TPSA) is 42.2 Å². The van der Waals surface area contributed by atoms with Crippen LogP contribution in [0.15, 0.2) is 54.7 Å². The van der Waals surface area contributed by atoms with Crippen LogP contribution < -0.4 is 5.32 Å². The molecular weight excluding hydrogens is 439 g/mol. The highest BCUT2D eigenvalue weighted by Crippen LogP contribution is 2.33. The Morgan fingerprint density at radius 3 is 2.40 bits per heavy atom. The molecule has 0 aliphatic heterocycles. The first-order valence-corrected chi connectivity index (χ1v) is 10.7. The van der Waals surface area contributed by atoms with Gasteiger partial charge in [0, 0.05) is 44.2 Å². The van der Waals surface area contributed by atoms with Gasteiger partial charge in [-0.2, -0.15) is 9.61 Å². The standard InChI is InChI=1S/C23H21Cl3N4/c1-23(2,3)20-11-21(27-12-14-8-9-15(24)10-19(14)26)30-22(29-20)17(13-28-30)16-6-4-5-7-18(16)25/h4-11,13,27H,12H2,1-3H3. The smallest absolute Gasteiger partial charge is 0.165 e. The lowest BCUT2D eigenvalue weighted by Gasteiger charge is -2.20. The maximum atomic E-state index is 6.45. The number of fused-ring (bicyclic) bond motifs is 1. The van der Waals surface area contributed by atoms with E-state index in [1.165, 1.54) is 0 Å². The van der Waals surface area contributed by atoms with E-state index in [0.717, 1.165) is 33.8 Å². The zero-order valence-corrected chi connectivity index (χ0v) is 19.1. The molecule has 154 valence electrons. The highest BCUT2D eigenvalue weighted by Gasteiger charge is 2.21. The average molecular weight is 460 g/mol. The van der Waals surface area contributed by atoms with E-state index in [1.54, 1.807) is 16.8 Å². The summed E-state index contributed by atoms with van der Waals surface area (Å²) in [5, 5.41) is 9.94. The van der Waals surface area contributed by atoms with Crippen molar-refractivity contribution in [2.24, 2.45) is 0 Å². The minimum atomic E-state index is -0.141. The van der Waals surface area contributed by atoms with Gasteiger partial charge >= 0.3 is 0 Å². The SMILES string of the molecule is CC(C)(C)c1cc(NCc2ccc(Cl)cc2Cl)n2ncc(-c3ccccc3Cl)c2n1. The van der Waals surface area contributed by atoms with Gasteiger partial charge in [-0.05, 0) is 23.8 Å². The normalized spacial score (nSPS) is 11.8. The van der Waals surface area contributed by atoms with Crippen LogP contribution in [0, 0.1) is 0 Å². The number of aromatic nitrogens is 3. The number of halogens is 3. The van der Waals surface area contributed by atoms with Crippen molar-refractivity contribution in [3.05, 3.63) is 81.1 Å². The second kappa shape index (κ2) is 8.10. The Morgan fingerprint density at radius 1 is 0.933 bits per heavy atom. The van der Waals surface area contributed by atoms with E-state index in [4.69, 9.17) is 39.8 Å². The van der Waals surface area contributed by atoms with E-state index in [1.807, 2.05) is 42.5 Å². The van der Waals surface area contributed by atoms with Crippen molar-refractivity contribution in [3.63, 3.8) is 0 Å². The van der Waals surface area contributed by atoms with E-state index >= 15 is 0 Å². The largest absolute Gasteiger partial charge is 0.366 e. The monoisotopic (exact) mass is 458 g/mol. The third-order valence-corrected chi connectivity index (χ3v) is 5.80. The molecule has 0 aliphatic rings. The summed E-state index contributed by atoms with van der Waals surface area (Å²) in [6.07, 6.45) is 1.80. The first-order valence-electron chi connectivity index (χ1n) is 9.56.